The van der Waals surface area contributed by atoms with Crippen LogP contribution in [0.5, 0.6) is 0 Å². The van der Waals surface area contributed by atoms with Crippen LogP contribution in [0.25, 0.3) is 0 Å². The molecule has 6 nitrogen and oxygen atoms in total. The maximum absolute atomic E-state index is 10.6. The van der Waals surface area contributed by atoms with Crippen LogP contribution >= 0.6 is 0 Å². The highest BCUT2D eigenvalue weighted by Gasteiger charge is 2.63. The molecule has 0 unspecified atom stereocenters. The van der Waals surface area contributed by atoms with E-state index in [4.69, 9.17) is 9.84 Å². The third-order valence-corrected chi connectivity index (χ3v) is 5.01. The van der Waals surface area contributed by atoms with Gasteiger partial charge in [0.05, 0.1) is 18.8 Å². The molecule has 0 aromatic heterocycles. The lowest BCUT2D eigenvalue weighted by Crippen LogP contribution is -2.58. The maximum Gasteiger partial charge on any atom is 0.110 e. The third kappa shape index (κ3) is 2.18. The maximum atomic E-state index is 10.6. The predicted molar refractivity (Wildman–Crippen MR) is 75.5 cm³/mol. The average molecular weight is 297 g/mol. The van der Waals surface area contributed by atoms with Crippen molar-refractivity contribution in [2.24, 2.45) is 5.92 Å². The van der Waals surface area contributed by atoms with Crippen LogP contribution in [-0.2, 0) is 4.74 Å². The van der Waals surface area contributed by atoms with Gasteiger partial charge in [-0.15, -0.1) is 6.58 Å². The summed E-state index contributed by atoms with van der Waals surface area (Å²) < 4.78 is 6.06. The SMILES string of the molecule is C=CCN1C[C@@H]2C[C@@H]3C=C[C@]2(O3)[C@H]1[C@H](O)[C@H](O)[C@H](O)CO. The molecule has 21 heavy (non-hydrogen) atoms. The Morgan fingerprint density at radius 3 is 2.81 bits per heavy atom. The van der Waals surface area contributed by atoms with E-state index in [1.807, 2.05) is 17.1 Å². The van der Waals surface area contributed by atoms with Gasteiger partial charge < -0.3 is 25.2 Å². The van der Waals surface area contributed by atoms with Crippen LogP contribution in [0.1, 0.15) is 6.42 Å². The molecule has 0 aromatic carbocycles. The monoisotopic (exact) mass is 297 g/mol. The second-order valence-corrected chi connectivity index (χ2v) is 6.22. The molecule has 3 aliphatic rings. The first-order valence-electron chi connectivity index (χ1n) is 7.40. The van der Waals surface area contributed by atoms with Gasteiger partial charge in [0.15, 0.2) is 0 Å². The lowest BCUT2D eigenvalue weighted by molar-refractivity contribution is -0.128. The Hall–Kier alpha value is -0.760. The zero-order valence-corrected chi connectivity index (χ0v) is 11.9. The zero-order chi connectivity index (χ0) is 15.2. The highest BCUT2D eigenvalue weighted by Crippen LogP contribution is 2.52. The van der Waals surface area contributed by atoms with Gasteiger partial charge in [-0.25, -0.2) is 0 Å². The molecule has 0 saturated carbocycles. The van der Waals surface area contributed by atoms with E-state index in [0.29, 0.717) is 6.54 Å². The Bertz CT molecular complexity index is 442. The Morgan fingerprint density at radius 2 is 2.19 bits per heavy atom. The molecule has 2 fully saturated rings. The Labute approximate surface area is 124 Å². The molecule has 3 heterocycles. The highest BCUT2D eigenvalue weighted by atomic mass is 16.5. The van der Waals surface area contributed by atoms with Crippen molar-refractivity contribution in [2.45, 2.75) is 42.5 Å². The van der Waals surface area contributed by atoms with Gasteiger partial charge in [-0.1, -0.05) is 18.2 Å². The fourth-order valence-corrected chi connectivity index (χ4v) is 4.09. The summed E-state index contributed by atoms with van der Waals surface area (Å²) >= 11 is 0. The lowest BCUT2D eigenvalue weighted by atomic mass is 9.78. The molecule has 3 aliphatic heterocycles. The smallest absolute Gasteiger partial charge is 0.110 e. The van der Waals surface area contributed by atoms with Gasteiger partial charge in [0, 0.05) is 19.0 Å². The quantitative estimate of drug-likeness (QED) is 0.453. The minimum absolute atomic E-state index is 0.0792. The van der Waals surface area contributed by atoms with Crippen molar-refractivity contribution in [3.63, 3.8) is 0 Å². The summed E-state index contributed by atoms with van der Waals surface area (Å²) in [4.78, 5) is 2.03. The van der Waals surface area contributed by atoms with Crippen molar-refractivity contribution in [1.29, 1.82) is 0 Å². The Morgan fingerprint density at radius 1 is 1.43 bits per heavy atom. The number of hydrogen-bond donors (Lipinski definition) is 4. The van der Waals surface area contributed by atoms with Crippen molar-refractivity contribution in [3.05, 3.63) is 24.8 Å². The van der Waals surface area contributed by atoms with E-state index in [1.165, 1.54) is 0 Å². The highest BCUT2D eigenvalue weighted by molar-refractivity contribution is 5.29. The summed E-state index contributed by atoms with van der Waals surface area (Å²) in [5.74, 6) is 0.269. The molecule has 118 valence electrons. The molecule has 2 bridgehead atoms. The minimum Gasteiger partial charge on any atom is -0.394 e. The molecule has 4 N–H and O–H groups in total. The van der Waals surface area contributed by atoms with E-state index in [2.05, 4.69) is 6.58 Å². The Balaban J connectivity index is 1.88. The van der Waals surface area contributed by atoms with Crippen molar-refractivity contribution in [1.82, 2.24) is 4.90 Å². The van der Waals surface area contributed by atoms with Crippen LogP contribution in [0.15, 0.2) is 24.8 Å². The summed E-state index contributed by atoms with van der Waals surface area (Å²) in [6, 6.07) is -0.458. The van der Waals surface area contributed by atoms with Gasteiger partial charge in [-0.05, 0) is 6.42 Å². The largest absolute Gasteiger partial charge is 0.394 e. The standard InChI is InChI=1S/C15H23NO5/c1-2-5-16-7-9-6-10-3-4-15(9,21-10)14(16)13(20)12(19)11(18)8-17/h2-4,9-14,17-20H,1,5-8H2/t9-,10-,11+,12+,13+,14+,15+/m0/s1. The molecule has 2 saturated heterocycles. The van der Waals surface area contributed by atoms with Gasteiger partial charge >= 0.3 is 0 Å². The van der Waals surface area contributed by atoms with Crippen LogP contribution in [-0.4, -0.2) is 81.1 Å². The first-order valence-corrected chi connectivity index (χ1v) is 7.40. The summed E-state index contributed by atoms with van der Waals surface area (Å²) in [6.45, 7) is 4.47. The van der Waals surface area contributed by atoms with Crippen LogP contribution in [0.3, 0.4) is 0 Å². The van der Waals surface area contributed by atoms with Crippen molar-refractivity contribution >= 4 is 0 Å². The number of hydrogen-bond acceptors (Lipinski definition) is 6. The number of nitrogens with zero attached hydrogens (tertiary/aromatic N) is 1. The number of aliphatic hydroxyl groups excluding tert-OH is 4. The molecule has 0 radical (unpaired) electrons. The fourth-order valence-electron chi connectivity index (χ4n) is 4.09. The number of likely N-dealkylation sites (tertiary alicyclic amines) is 1. The second-order valence-electron chi connectivity index (χ2n) is 6.22. The summed E-state index contributed by atoms with van der Waals surface area (Å²) in [5, 5.41) is 39.3. The van der Waals surface area contributed by atoms with Gasteiger partial charge in [-0.3, -0.25) is 4.90 Å². The average Bonchev–Trinajstić information content (AvgIpc) is 3.11. The lowest BCUT2D eigenvalue weighted by Gasteiger charge is -2.39. The first kappa shape index (κ1) is 15.1. The van der Waals surface area contributed by atoms with Gasteiger partial charge in [0.25, 0.3) is 0 Å². The second kappa shape index (κ2) is 5.46. The topological polar surface area (TPSA) is 93.4 Å². The molecule has 0 amide bonds. The van der Waals surface area contributed by atoms with E-state index in [1.54, 1.807) is 6.08 Å². The molecule has 0 aliphatic carbocycles. The summed E-state index contributed by atoms with van der Waals surface area (Å²) in [5.41, 5.74) is -0.608. The number of ether oxygens (including phenoxy) is 1. The molecular formula is C15H23NO5. The number of aliphatic hydroxyl groups is 4. The van der Waals surface area contributed by atoms with Crippen LogP contribution in [0.2, 0.25) is 0 Å². The van der Waals surface area contributed by atoms with E-state index in [0.717, 1.165) is 13.0 Å². The molecule has 6 heteroatoms. The molecule has 0 aromatic rings. The van der Waals surface area contributed by atoms with Gasteiger partial charge in [0.1, 0.15) is 23.9 Å². The fraction of sp³-hybridized carbons (Fsp3) is 0.733. The number of rotatable bonds is 6. The summed E-state index contributed by atoms with van der Waals surface area (Å²) in [7, 11) is 0. The molecular weight excluding hydrogens is 274 g/mol. The van der Waals surface area contributed by atoms with Crippen LogP contribution in [0.4, 0.5) is 0 Å². The predicted octanol–water partition coefficient (Wildman–Crippen LogP) is -1.35. The molecule has 1 spiro atoms. The van der Waals surface area contributed by atoms with Gasteiger partial charge in [-0.2, -0.15) is 0 Å². The van der Waals surface area contributed by atoms with E-state index in [9.17, 15) is 15.3 Å². The molecule has 7 atom stereocenters. The minimum atomic E-state index is -1.42. The van der Waals surface area contributed by atoms with Crippen LogP contribution in [0, 0.1) is 5.92 Å². The van der Waals surface area contributed by atoms with E-state index < -0.39 is 36.6 Å². The molecule has 3 rings (SSSR count). The number of fused-ring (bicyclic) bond motifs is 1. The zero-order valence-electron chi connectivity index (χ0n) is 11.9. The van der Waals surface area contributed by atoms with Gasteiger partial charge in [0.2, 0.25) is 0 Å². The summed E-state index contributed by atoms with van der Waals surface area (Å²) in [6.07, 6.45) is 2.73. The van der Waals surface area contributed by atoms with E-state index in [-0.39, 0.29) is 12.0 Å². The van der Waals surface area contributed by atoms with Crippen LogP contribution < -0.4 is 0 Å². The van der Waals surface area contributed by atoms with Crippen molar-refractivity contribution in [3.8, 4) is 0 Å². The Kier molecular flexibility index (Phi) is 3.94. The first-order chi connectivity index (χ1) is 10.0. The van der Waals surface area contributed by atoms with Crippen molar-refractivity contribution < 1.29 is 25.2 Å². The van der Waals surface area contributed by atoms with E-state index >= 15 is 0 Å². The normalized spacial score (nSPS) is 42.0. The van der Waals surface area contributed by atoms with Crippen molar-refractivity contribution in [2.75, 3.05) is 19.7 Å². The third-order valence-electron chi connectivity index (χ3n) is 5.01.